The van der Waals surface area contributed by atoms with Gasteiger partial charge < -0.3 is 0 Å². The second-order valence-electron chi connectivity index (χ2n) is 6.34. The molecule has 1 atom stereocenters. The van der Waals surface area contributed by atoms with Crippen LogP contribution < -0.4 is 5.32 Å². The second-order valence-corrected chi connectivity index (χ2v) is 8.69. The number of anilines is 1. The fourth-order valence-electron chi connectivity index (χ4n) is 2.83. The zero-order valence-corrected chi connectivity index (χ0v) is 18.0. The number of amides is 1. The lowest BCUT2D eigenvalue weighted by Gasteiger charge is -2.15. The molecule has 0 spiro atoms. The van der Waals surface area contributed by atoms with E-state index in [0.29, 0.717) is 22.5 Å². The number of pyridine rings is 1. The number of carbonyl (C=O) groups is 1. The topological polar surface area (TPSA) is 98.5 Å². The predicted molar refractivity (Wildman–Crippen MR) is 118 cm³/mol. The Morgan fingerprint density at radius 2 is 1.87 bits per heavy atom. The number of nitrogens with one attached hydrogen (secondary N) is 1. The van der Waals surface area contributed by atoms with Crippen molar-refractivity contribution in [3.63, 3.8) is 0 Å². The zero-order chi connectivity index (χ0) is 20.9. The van der Waals surface area contributed by atoms with Gasteiger partial charge >= 0.3 is 0 Å². The monoisotopic (exact) mass is 437 g/mol. The van der Waals surface area contributed by atoms with Crippen molar-refractivity contribution in [1.29, 1.82) is 0 Å². The Kier molecular flexibility index (Phi) is 6.15. The number of benzene rings is 1. The van der Waals surface area contributed by atoms with Gasteiger partial charge in [0, 0.05) is 23.6 Å². The van der Waals surface area contributed by atoms with E-state index in [2.05, 4.69) is 30.7 Å². The smallest absolute Gasteiger partial charge is 0.239 e. The van der Waals surface area contributed by atoms with Crippen LogP contribution in [0.2, 0.25) is 0 Å². The van der Waals surface area contributed by atoms with Crippen LogP contribution in [0.5, 0.6) is 0 Å². The van der Waals surface area contributed by atoms with E-state index in [4.69, 9.17) is 0 Å². The first kappa shape index (κ1) is 20.2. The summed E-state index contributed by atoms with van der Waals surface area (Å²) in [5, 5.41) is 21.2. The molecule has 4 aromatic rings. The van der Waals surface area contributed by atoms with Crippen molar-refractivity contribution in [3.05, 3.63) is 59.9 Å². The molecule has 4 rings (SSSR count). The number of hydrogen-bond donors (Lipinski definition) is 1. The quantitative estimate of drug-likeness (QED) is 0.436. The number of aromatic nitrogens is 6. The minimum absolute atomic E-state index is 0.133. The zero-order valence-electron chi connectivity index (χ0n) is 16.4. The van der Waals surface area contributed by atoms with Crippen LogP contribution in [-0.2, 0) is 4.79 Å². The SMILES string of the molecule is CCC(Sc1nnc(-c2ccncc2)n1-c1ccccc1)C(=O)Nc1nnc(C)s1. The maximum absolute atomic E-state index is 12.8. The number of para-hydroxylation sites is 1. The van der Waals surface area contributed by atoms with Gasteiger partial charge in [-0.05, 0) is 37.6 Å². The molecule has 30 heavy (non-hydrogen) atoms. The number of carbonyl (C=O) groups excluding carboxylic acids is 1. The van der Waals surface area contributed by atoms with Gasteiger partial charge in [-0.15, -0.1) is 20.4 Å². The summed E-state index contributed by atoms with van der Waals surface area (Å²) in [5.74, 6) is 0.563. The highest BCUT2D eigenvalue weighted by Crippen LogP contribution is 2.31. The maximum Gasteiger partial charge on any atom is 0.239 e. The summed E-state index contributed by atoms with van der Waals surface area (Å²) in [5.41, 5.74) is 1.82. The third-order valence-electron chi connectivity index (χ3n) is 4.25. The van der Waals surface area contributed by atoms with Crippen molar-refractivity contribution in [3.8, 4) is 17.1 Å². The van der Waals surface area contributed by atoms with E-state index in [9.17, 15) is 4.79 Å². The fourth-order valence-corrected chi connectivity index (χ4v) is 4.39. The van der Waals surface area contributed by atoms with Crippen LogP contribution in [0.3, 0.4) is 0 Å². The highest BCUT2D eigenvalue weighted by molar-refractivity contribution is 8.00. The number of nitrogens with zero attached hydrogens (tertiary/aromatic N) is 6. The molecule has 0 bridgehead atoms. The van der Waals surface area contributed by atoms with Crippen molar-refractivity contribution in [2.75, 3.05) is 5.32 Å². The standard InChI is InChI=1S/C20H19N7OS2/c1-3-16(18(28)22-19-25-23-13(2)29-19)30-20-26-24-17(14-9-11-21-12-10-14)27(20)15-7-5-4-6-8-15/h4-12,16H,3H2,1-2H3,(H,22,25,28). The summed E-state index contributed by atoms with van der Waals surface area (Å²) >= 11 is 2.73. The summed E-state index contributed by atoms with van der Waals surface area (Å²) in [6.45, 7) is 3.82. The Labute approximate surface area is 181 Å². The molecule has 0 aliphatic heterocycles. The molecular formula is C20H19N7OS2. The van der Waals surface area contributed by atoms with Gasteiger partial charge in [-0.3, -0.25) is 19.7 Å². The third kappa shape index (κ3) is 4.39. The largest absolute Gasteiger partial charge is 0.300 e. The molecule has 1 unspecified atom stereocenters. The Morgan fingerprint density at radius 1 is 1.10 bits per heavy atom. The van der Waals surface area contributed by atoms with E-state index in [1.165, 1.54) is 23.1 Å². The number of aryl methyl sites for hydroxylation is 1. The molecule has 1 aromatic carbocycles. The van der Waals surface area contributed by atoms with E-state index >= 15 is 0 Å². The van der Waals surface area contributed by atoms with Crippen molar-refractivity contribution >= 4 is 34.1 Å². The molecule has 3 heterocycles. The van der Waals surface area contributed by atoms with Gasteiger partial charge in [-0.2, -0.15) is 0 Å². The van der Waals surface area contributed by atoms with Crippen LogP contribution in [0.25, 0.3) is 17.1 Å². The van der Waals surface area contributed by atoms with Crippen LogP contribution in [0.1, 0.15) is 18.4 Å². The van der Waals surface area contributed by atoms with Gasteiger partial charge in [0.2, 0.25) is 11.0 Å². The lowest BCUT2D eigenvalue weighted by molar-refractivity contribution is -0.115. The van der Waals surface area contributed by atoms with E-state index in [-0.39, 0.29) is 11.2 Å². The fraction of sp³-hybridized carbons (Fsp3) is 0.200. The van der Waals surface area contributed by atoms with Crippen LogP contribution in [0.4, 0.5) is 5.13 Å². The summed E-state index contributed by atoms with van der Waals surface area (Å²) in [6, 6.07) is 13.6. The van der Waals surface area contributed by atoms with Gasteiger partial charge in [0.1, 0.15) is 5.01 Å². The molecule has 152 valence electrons. The molecule has 1 amide bonds. The van der Waals surface area contributed by atoms with Gasteiger partial charge in [0.15, 0.2) is 11.0 Å². The average molecular weight is 438 g/mol. The van der Waals surface area contributed by atoms with Crippen LogP contribution in [0, 0.1) is 6.92 Å². The number of hydrogen-bond acceptors (Lipinski definition) is 8. The normalized spacial score (nSPS) is 11.9. The van der Waals surface area contributed by atoms with Gasteiger partial charge in [0.25, 0.3) is 0 Å². The summed E-state index contributed by atoms with van der Waals surface area (Å²) < 4.78 is 1.96. The Morgan fingerprint density at radius 3 is 2.53 bits per heavy atom. The Bertz CT molecular complexity index is 1130. The van der Waals surface area contributed by atoms with Gasteiger partial charge in [-0.1, -0.05) is 48.2 Å². The molecule has 0 saturated carbocycles. The molecule has 3 aromatic heterocycles. The maximum atomic E-state index is 12.8. The molecule has 0 aliphatic rings. The minimum atomic E-state index is -0.355. The Balaban J connectivity index is 1.66. The van der Waals surface area contributed by atoms with E-state index < -0.39 is 0 Å². The highest BCUT2D eigenvalue weighted by Gasteiger charge is 2.24. The average Bonchev–Trinajstić information content (AvgIpc) is 3.39. The van der Waals surface area contributed by atoms with Crippen molar-refractivity contribution < 1.29 is 4.79 Å². The first-order valence-corrected chi connectivity index (χ1v) is 11.0. The first-order valence-electron chi connectivity index (χ1n) is 9.34. The molecule has 0 radical (unpaired) electrons. The number of thioether (sulfide) groups is 1. The Hall–Kier alpha value is -3.11. The predicted octanol–water partition coefficient (Wildman–Crippen LogP) is 4.00. The molecule has 0 fully saturated rings. The van der Waals surface area contributed by atoms with Crippen LogP contribution in [0.15, 0.2) is 60.0 Å². The van der Waals surface area contributed by atoms with Crippen LogP contribution >= 0.6 is 23.1 Å². The molecular weight excluding hydrogens is 418 g/mol. The highest BCUT2D eigenvalue weighted by atomic mass is 32.2. The van der Waals surface area contributed by atoms with Crippen molar-refractivity contribution in [2.45, 2.75) is 30.7 Å². The van der Waals surface area contributed by atoms with Crippen molar-refractivity contribution in [1.82, 2.24) is 29.9 Å². The lowest BCUT2D eigenvalue weighted by atomic mass is 10.2. The van der Waals surface area contributed by atoms with Crippen molar-refractivity contribution in [2.24, 2.45) is 0 Å². The minimum Gasteiger partial charge on any atom is -0.300 e. The summed E-state index contributed by atoms with van der Waals surface area (Å²) in [4.78, 5) is 16.9. The van der Waals surface area contributed by atoms with E-state index in [1.807, 2.05) is 60.9 Å². The summed E-state index contributed by atoms with van der Waals surface area (Å²) in [7, 11) is 0. The van der Waals surface area contributed by atoms with Crippen LogP contribution in [-0.4, -0.2) is 41.1 Å². The molecule has 0 saturated heterocycles. The second kappa shape index (κ2) is 9.14. The molecule has 0 aliphatic carbocycles. The van der Waals surface area contributed by atoms with E-state index in [0.717, 1.165) is 16.3 Å². The first-order chi connectivity index (χ1) is 14.7. The third-order valence-corrected chi connectivity index (χ3v) is 6.31. The molecule has 1 N–H and O–H groups in total. The molecule has 8 nitrogen and oxygen atoms in total. The summed E-state index contributed by atoms with van der Waals surface area (Å²) in [6.07, 6.45) is 4.07. The molecule has 10 heteroatoms. The number of rotatable bonds is 7. The lowest BCUT2D eigenvalue weighted by Crippen LogP contribution is -2.25. The van der Waals surface area contributed by atoms with Gasteiger partial charge in [0.05, 0.1) is 5.25 Å². The van der Waals surface area contributed by atoms with Gasteiger partial charge in [-0.25, -0.2) is 0 Å². The van der Waals surface area contributed by atoms with E-state index in [1.54, 1.807) is 12.4 Å².